The lowest BCUT2D eigenvalue weighted by Gasteiger charge is -2.12. The first kappa shape index (κ1) is 20.6. The van der Waals surface area contributed by atoms with Crippen LogP contribution in [0.2, 0.25) is 0 Å². The lowest BCUT2D eigenvalue weighted by Crippen LogP contribution is -1.98. The molecule has 124 valence electrons. The molecule has 0 spiro atoms. The summed E-state index contributed by atoms with van der Waals surface area (Å²) in [6.45, 7) is 6.87. The van der Waals surface area contributed by atoms with E-state index in [0.29, 0.717) is 0 Å². The smallest absolute Gasteiger partial charge is 0.00913 e. The molecule has 0 heterocycles. The summed E-state index contributed by atoms with van der Waals surface area (Å²) < 4.78 is 0. The van der Waals surface area contributed by atoms with E-state index in [-0.39, 0.29) is 0 Å². The summed E-state index contributed by atoms with van der Waals surface area (Å²) >= 11 is 0. The lowest BCUT2D eigenvalue weighted by atomic mass is 9.93. The maximum absolute atomic E-state index is 3.37. The fraction of sp³-hybridized carbons (Fsp3) is 0.905. The molecule has 0 N–H and O–H groups in total. The van der Waals surface area contributed by atoms with E-state index < -0.39 is 0 Å². The van der Waals surface area contributed by atoms with Gasteiger partial charge in [-0.2, -0.15) is 0 Å². The Kier molecular flexibility index (Phi) is 17.2. The molecule has 1 unspecified atom stereocenters. The zero-order valence-electron chi connectivity index (χ0n) is 15.2. The fourth-order valence-corrected chi connectivity index (χ4v) is 2.84. The Hall–Kier alpha value is -0.440. The molecule has 0 aliphatic rings. The van der Waals surface area contributed by atoms with Gasteiger partial charge >= 0.3 is 0 Å². The van der Waals surface area contributed by atoms with E-state index in [9.17, 15) is 0 Å². The standard InChI is InChI=1S/C21H40/c1-4-7-9-11-13-14-16-18-20-21(6-3)19-17-15-12-10-8-5-2/h21H,4-11,13-14,16-20H2,1-3H3. The highest BCUT2D eigenvalue weighted by Crippen LogP contribution is 2.19. The summed E-state index contributed by atoms with van der Waals surface area (Å²) in [5.74, 6) is 7.60. The van der Waals surface area contributed by atoms with Crippen molar-refractivity contribution in [3.05, 3.63) is 0 Å². The van der Waals surface area contributed by atoms with Crippen molar-refractivity contribution in [3.8, 4) is 11.8 Å². The average Bonchev–Trinajstić information content (AvgIpc) is 2.51. The van der Waals surface area contributed by atoms with E-state index in [1.807, 2.05) is 0 Å². The molecule has 0 saturated heterocycles. The van der Waals surface area contributed by atoms with Gasteiger partial charge in [-0.1, -0.05) is 91.4 Å². The van der Waals surface area contributed by atoms with Crippen molar-refractivity contribution in [2.45, 2.75) is 117 Å². The SMILES string of the molecule is CCCCC#CCCC(CC)CCCCCCCCCC. The first-order valence-corrected chi connectivity index (χ1v) is 9.80. The molecule has 0 heteroatoms. The maximum atomic E-state index is 3.37. The van der Waals surface area contributed by atoms with Crippen molar-refractivity contribution in [2.24, 2.45) is 5.92 Å². The molecule has 21 heavy (non-hydrogen) atoms. The highest BCUT2D eigenvalue weighted by Gasteiger charge is 2.04. The highest BCUT2D eigenvalue weighted by atomic mass is 14.1. The maximum Gasteiger partial charge on any atom is 0.00913 e. The minimum Gasteiger partial charge on any atom is -0.103 e. The van der Waals surface area contributed by atoms with Crippen LogP contribution in [0.1, 0.15) is 117 Å². The van der Waals surface area contributed by atoms with Gasteiger partial charge in [0.1, 0.15) is 0 Å². The van der Waals surface area contributed by atoms with E-state index in [1.165, 1.54) is 83.5 Å². The summed E-state index contributed by atoms with van der Waals surface area (Å²) in [6.07, 6.45) is 20.4. The quantitative estimate of drug-likeness (QED) is 0.229. The van der Waals surface area contributed by atoms with Crippen LogP contribution >= 0.6 is 0 Å². The van der Waals surface area contributed by atoms with Crippen LogP contribution in [0.5, 0.6) is 0 Å². The van der Waals surface area contributed by atoms with Gasteiger partial charge in [0.25, 0.3) is 0 Å². The van der Waals surface area contributed by atoms with Crippen LogP contribution in [0.15, 0.2) is 0 Å². The second kappa shape index (κ2) is 17.6. The Morgan fingerprint density at radius 2 is 1.14 bits per heavy atom. The molecular formula is C21H40. The van der Waals surface area contributed by atoms with Gasteiger partial charge in [0.2, 0.25) is 0 Å². The Morgan fingerprint density at radius 1 is 0.571 bits per heavy atom. The van der Waals surface area contributed by atoms with Crippen LogP contribution < -0.4 is 0 Å². The zero-order valence-corrected chi connectivity index (χ0v) is 15.2. The molecule has 0 aliphatic carbocycles. The Labute approximate surface area is 135 Å². The lowest BCUT2D eigenvalue weighted by molar-refractivity contribution is 0.416. The summed E-state index contributed by atoms with van der Waals surface area (Å²) in [5.41, 5.74) is 0. The molecule has 0 aromatic heterocycles. The Morgan fingerprint density at radius 3 is 1.76 bits per heavy atom. The molecule has 1 atom stereocenters. The predicted octanol–water partition coefficient (Wildman–Crippen LogP) is 7.52. The van der Waals surface area contributed by atoms with Gasteiger partial charge in [0, 0.05) is 12.8 Å². The third-order valence-electron chi connectivity index (χ3n) is 4.50. The molecule has 0 amide bonds. The molecule has 0 rings (SSSR count). The largest absolute Gasteiger partial charge is 0.103 e. The summed E-state index contributed by atoms with van der Waals surface area (Å²) in [6, 6.07) is 0. The normalized spacial score (nSPS) is 12.0. The van der Waals surface area contributed by atoms with E-state index >= 15 is 0 Å². The minimum atomic E-state index is 0.922. The van der Waals surface area contributed by atoms with Crippen molar-refractivity contribution < 1.29 is 0 Å². The van der Waals surface area contributed by atoms with Gasteiger partial charge in [-0.05, 0) is 18.8 Å². The molecule has 0 aromatic rings. The van der Waals surface area contributed by atoms with E-state index in [2.05, 4.69) is 32.6 Å². The summed E-state index contributed by atoms with van der Waals surface area (Å²) in [5, 5.41) is 0. The van der Waals surface area contributed by atoms with Gasteiger partial charge in [0.05, 0.1) is 0 Å². The average molecular weight is 293 g/mol. The van der Waals surface area contributed by atoms with Crippen molar-refractivity contribution in [1.82, 2.24) is 0 Å². The van der Waals surface area contributed by atoms with E-state index in [1.54, 1.807) is 0 Å². The van der Waals surface area contributed by atoms with Crippen molar-refractivity contribution in [3.63, 3.8) is 0 Å². The second-order valence-electron chi connectivity index (χ2n) is 6.53. The zero-order chi connectivity index (χ0) is 15.6. The fourth-order valence-electron chi connectivity index (χ4n) is 2.84. The number of hydrogen-bond donors (Lipinski definition) is 0. The number of rotatable bonds is 14. The molecule has 0 saturated carbocycles. The molecular weight excluding hydrogens is 252 g/mol. The van der Waals surface area contributed by atoms with Crippen LogP contribution in [-0.4, -0.2) is 0 Å². The monoisotopic (exact) mass is 292 g/mol. The van der Waals surface area contributed by atoms with Crippen LogP contribution in [0.3, 0.4) is 0 Å². The van der Waals surface area contributed by atoms with Gasteiger partial charge in [0.15, 0.2) is 0 Å². The third kappa shape index (κ3) is 15.8. The topological polar surface area (TPSA) is 0 Å². The molecule has 0 nitrogen and oxygen atoms in total. The van der Waals surface area contributed by atoms with Crippen LogP contribution in [-0.2, 0) is 0 Å². The molecule has 0 bridgehead atoms. The molecule has 0 fully saturated rings. The minimum absolute atomic E-state index is 0.922. The van der Waals surface area contributed by atoms with E-state index in [4.69, 9.17) is 0 Å². The van der Waals surface area contributed by atoms with Crippen molar-refractivity contribution in [2.75, 3.05) is 0 Å². The predicted molar refractivity (Wildman–Crippen MR) is 97.5 cm³/mol. The van der Waals surface area contributed by atoms with Gasteiger partial charge in [-0.25, -0.2) is 0 Å². The second-order valence-corrected chi connectivity index (χ2v) is 6.53. The van der Waals surface area contributed by atoms with Gasteiger partial charge < -0.3 is 0 Å². The Balaban J connectivity index is 3.41. The molecule has 0 aliphatic heterocycles. The van der Waals surface area contributed by atoms with Gasteiger partial charge in [-0.15, -0.1) is 11.8 Å². The van der Waals surface area contributed by atoms with Crippen LogP contribution in [0.25, 0.3) is 0 Å². The first-order chi connectivity index (χ1) is 10.3. The van der Waals surface area contributed by atoms with Gasteiger partial charge in [-0.3, -0.25) is 0 Å². The molecule has 0 aromatic carbocycles. The summed E-state index contributed by atoms with van der Waals surface area (Å²) in [7, 11) is 0. The summed E-state index contributed by atoms with van der Waals surface area (Å²) in [4.78, 5) is 0. The van der Waals surface area contributed by atoms with Crippen molar-refractivity contribution >= 4 is 0 Å². The Bertz CT molecular complexity index is 242. The first-order valence-electron chi connectivity index (χ1n) is 9.80. The molecule has 0 radical (unpaired) electrons. The number of hydrogen-bond acceptors (Lipinski definition) is 0. The van der Waals surface area contributed by atoms with Crippen LogP contribution in [0, 0.1) is 17.8 Å². The van der Waals surface area contributed by atoms with E-state index in [0.717, 1.165) is 18.8 Å². The highest BCUT2D eigenvalue weighted by molar-refractivity contribution is 4.98. The number of unbranched alkanes of at least 4 members (excludes halogenated alkanes) is 9. The third-order valence-corrected chi connectivity index (χ3v) is 4.50. The van der Waals surface area contributed by atoms with Crippen LogP contribution in [0.4, 0.5) is 0 Å². The van der Waals surface area contributed by atoms with Crippen molar-refractivity contribution in [1.29, 1.82) is 0 Å².